The van der Waals surface area contributed by atoms with E-state index in [0.29, 0.717) is 6.54 Å². The van der Waals surface area contributed by atoms with Gasteiger partial charge in [-0.05, 0) is 79.8 Å². The van der Waals surface area contributed by atoms with E-state index in [2.05, 4.69) is 50.1 Å². The number of carbonyl (C=O) groups is 1. The van der Waals surface area contributed by atoms with Crippen LogP contribution in [-0.2, 0) is 17.6 Å². The van der Waals surface area contributed by atoms with Gasteiger partial charge in [0.15, 0.2) is 5.82 Å². The van der Waals surface area contributed by atoms with E-state index >= 15 is 0 Å². The maximum absolute atomic E-state index is 11.7. The quantitative estimate of drug-likeness (QED) is 0.525. The average Bonchev–Trinajstić information content (AvgIpc) is 3.22. The molecule has 8 heteroatoms. The Bertz CT molecular complexity index is 1400. The maximum atomic E-state index is 11.7. The monoisotopic (exact) mass is 507 g/mol. The van der Waals surface area contributed by atoms with E-state index in [1.165, 1.54) is 11.1 Å². The normalized spacial score (nSPS) is 19.4. The van der Waals surface area contributed by atoms with Crippen LogP contribution >= 0.6 is 0 Å². The van der Waals surface area contributed by atoms with Crippen molar-refractivity contribution in [3.63, 3.8) is 0 Å². The van der Waals surface area contributed by atoms with Gasteiger partial charge >= 0.3 is 0 Å². The third kappa shape index (κ3) is 4.48. The fraction of sp³-hybridized carbons (Fsp3) is 0.400. The summed E-state index contributed by atoms with van der Waals surface area (Å²) < 4.78 is 0. The number of fused-ring (bicyclic) bond motifs is 2. The van der Waals surface area contributed by atoms with Gasteiger partial charge in [-0.3, -0.25) is 9.78 Å². The Morgan fingerprint density at radius 3 is 2.74 bits per heavy atom. The number of carbonyl (C=O) groups excluding carboxylic acids is 1. The van der Waals surface area contributed by atoms with Gasteiger partial charge in [-0.2, -0.15) is 0 Å². The van der Waals surface area contributed by atoms with Gasteiger partial charge in [0.25, 0.3) is 5.91 Å². The Hall–Kier alpha value is -3.96. The summed E-state index contributed by atoms with van der Waals surface area (Å²) in [6.45, 7) is 5.18. The number of nitrogens with zero attached hydrogens (tertiary/aromatic N) is 5. The number of rotatable bonds is 3. The topological polar surface area (TPSA) is 100 Å². The van der Waals surface area contributed by atoms with Crippen LogP contribution in [0.2, 0.25) is 0 Å². The average molecular weight is 508 g/mol. The minimum absolute atomic E-state index is 0.0351. The van der Waals surface area contributed by atoms with Crippen LogP contribution in [-0.4, -0.2) is 47.0 Å². The summed E-state index contributed by atoms with van der Waals surface area (Å²) >= 11 is 0. The van der Waals surface area contributed by atoms with Crippen LogP contribution in [0.1, 0.15) is 54.6 Å². The summed E-state index contributed by atoms with van der Waals surface area (Å²) in [5.74, 6) is 7.18. The van der Waals surface area contributed by atoms with E-state index in [0.717, 1.165) is 80.3 Å². The van der Waals surface area contributed by atoms with Crippen molar-refractivity contribution in [2.45, 2.75) is 45.1 Å². The summed E-state index contributed by atoms with van der Waals surface area (Å²) in [6, 6.07) is 10.3. The second-order valence-corrected chi connectivity index (χ2v) is 10.5. The SMILES string of the molecule is CCNC(=O)C#Cc1ccc2c(c1)[C@@H](N)C1(CCN(c3cnc(N4CCCc5ncccc54)cn3)CC1)C2. The van der Waals surface area contributed by atoms with Gasteiger partial charge in [-0.1, -0.05) is 12.0 Å². The fourth-order valence-corrected chi connectivity index (χ4v) is 6.19. The standard InChI is InChI=1S/C30H33N7O/c1-2-32-28(38)10-8-21-7-9-22-18-30(29(31)23(22)17-21)11-15-36(16-12-30)26-19-35-27(20-34-26)37-14-4-5-24-25(37)6-3-13-33-24/h3,6-7,9,13,17,19-20,29H,2,4-5,11-12,14-16,18,31H2,1H3,(H,32,38)/t29-/m1/s1. The lowest BCUT2D eigenvalue weighted by Gasteiger charge is -2.42. The molecule has 1 aromatic carbocycles. The summed E-state index contributed by atoms with van der Waals surface area (Å²) in [7, 11) is 0. The number of aryl methyl sites for hydroxylation is 1. The summed E-state index contributed by atoms with van der Waals surface area (Å²) in [4.78, 5) is 30.4. The number of hydrogen-bond acceptors (Lipinski definition) is 7. The smallest absolute Gasteiger partial charge is 0.296 e. The van der Waals surface area contributed by atoms with Crippen molar-refractivity contribution in [1.29, 1.82) is 0 Å². The molecule has 4 heterocycles. The Kier molecular flexibility index (Phi) is 6.46. The van der Waals surface area contributed by atoms with Gasteiger partial charge in [-0.25, -0.2) is 9.97 Å². The second-order valence-electron chi connectivity index (χ2n) is 10.5. The number of aromatic nitrogens is 3. The molecule has 38 heavy (non-hydrogen) atoms. The van der Waals surface area contributed by atoms with E-state index in [-0.39, 0.29) is 17.4 Å². The van der Waals surface area contributed by atoms with Crippen molar-refractivity contribution in [3.05, 3.63) is 71.3 Å². The first kappa shape index (κ1) is 24.4. The van der Waals surface area contributed by atoms with E-state index in [4.69, 9.17) is 15.7 Å². The van der Waals surface area contributed by atoms with Gasteiger partial charge in [-0.15, -0.1) is 0 Å². The van der Waals surface area contributed by atoms with Crippen LogP contribution in [0.15, 0.2) is 48.9 Å². The van der Waals surface area contributed by atoms with Gasteiger partial charge in [0.1, 0.15) is 5.82 Å². The zero-order chi connectivity index (χ0) is 26.1. The Balaban J connectivity index is 1.12. The summed E-state index contributed by atoms with van der Waals surface area (Å²) in [5, 5.41) is 2.71. The molecule has 1 spiro atoms. The molecular formula is C30H33N7O. The van der Waals surface area contributed by atoms with Crippen molar-refractivity contribution in [2.75, 3.05) is 36.0 Å². The minimum atomic E-state index is -0.255. The highest BCUT2D eigenvalue weighted by Crippen LogP contribution is 2.51. The molecule has 1 fully saturated rings. The Morgan fingerprint density at radius 2 is 1.95 bits per heavy atom. The van der Waals surface area contributed by atoms with Crippen molar-refractivity contribution < 1.29 is 4.79 Å². The van der Waals surface area contributed by atoms with Crippen LogP contribution < -0.4 is 20.9 Å². The van der Waals surface area contributed by atoms with Crippen LogP contribution in [0, 0.1) is 17.3 Å². The molecule has 1 aliphatic carbocycles. The number of nitrogens with two attached hydrogens (primary N) is 1. The molecule has 3 aliphatic rings. The van der Waals surface area contributed by atoms with E-state index < -0.39 is 0 Å². The van der Waals surface area contributed by atoms with E-state index in [9.17, 15) is 4.79 Å². The third-order valence-electron chi connectivity index (χ3n) is 8.28. The number of pyridine rings is 1. The lowest BCUT2D eigenvalue weighted by Crippen LogP contribution is -2.44. The first-order chi connectivity index (χ1) is 18.6. The van der Waals surface area contributed by atoms with E-state index in [1.807, 2.05) is 37.6 Å². The molecule has 194 valence electrons. The van der Waals surface area contributed by atoms with Gasteiger partial charge in [0.05, 0.1) is 23.8 Å². The second kappa shape index (κ2) is 10.1. The maximum Gasteiger partial charge on any atom is 0.296 e. The van der Waals surface area contributed by atoms with Crippen LogP contribution in [0.5, 0.6) is 0 Å². The van der Waals surface area contributed by atoms with Crippen molar-refractivity contribution in [2.24, 2.45) is 11.1 Å². The highest BCUT2D eigenvalue weighted by atomic mass is 16.1. The minimum Gasteiger partial charge on any atom is -0.355 e. The molecule has 0 bridgehead atoms. The van der Waals surface area contributed by atoms with Crippen molar-refractivity contribution >= 4 is 23.2 Å². The van der Waals surface area contributed by atoms with Gasteiger partial charge in [0, 0.05) is 49.9 Å². The van der Waals surface area contributed by atoms with Crippen LogP contribution in [0.3, 0.4) is 0 Å². The zero-order valence-electron chi connectivity index (χ0n) is 21.8. The molecule has 0 radical (unpaired) electrons. The predicted molar refractivity (Wildman–Crippen MR) is 148 cm³/mol. The number of benzene rings is 1. The molecule has 2 aliphatic heterocycles. The molecule has 8 nitrogen and oxygen atoms in total. The first-order valence-electron chi connectivity index (χ1n) is 13.5. The lowest BCUT2D eigenvalue weighted by atomic mass is 9.73. The largest absolute Gasteiger partial charge is 0.355 e. The molecule has 3 aromatic rings. The fourth-order valence-electron chi connectivity index (χ4n) is 6.19. The predicted octanol–water partition coefficient (Wildman–Crippen LogP) is 3.29. The number of nitrogens with one attached hydrogen (secondary N) is 1. The van der Waals surface area contributed by atoms with E-state index in [1.54, 1.807) is 0 Å². The van der Waals surface area contributed by atoms with Crippen LogP contribution in [0.4, 0.5) is 17.3 Å². The lowest BCUT2D eigenvalue weighted by molar-refractivity contribution is -0.115. The Labute approximate surface area is 223 Å². The Morgan fingerprint density at radius 1 is 1.13 bits per heavy atom. The molecule has 1 amide bonds. The highest BCUT2D eigenvalue weighted by Gasteiger charge is 2.46. The number of anilines is 3. The number of amides is 1. The molecule has 1 atom stereocenters. The van der Waals surface area contributed by atoms with Gasteiger partial charge < -0.3 is 20.9 Å². The number of piperidine rings is 1. The molecule has 6 rings (SSSR count). The molecule has 0 unspecified atom stereocenters. The molecular weight excluding hydrogens is 474 g/mol. The van der Waals surface area contributed by atoms with Gasteiger partial charge in [0.2, 0.25) is 0 Å². The van der Waals surface area contributed by atoms with Crippen molar-refractivity contribution in [3.8, 4) is 11.8 Å². The molecule has 2 aromatic heterocycles. The first-order valence-corrected chi connectivity index (χ1v) is 13.5. The number of hydrogen-bond donors (Lipinski definition) is 2. The zero-order valence-corrected chi connectivity index (χ0v) is 21.8. The molecule has 3 N–H and O–H groups in total. The molecule has 1 saturated heterocycles. The summed E-state index contributed by atoms with van der Waals surface area (Å²) in [6.07, 6.45) is 10.7. The summed E-state index contributed by atoms with van der Waals surface area (Å²) in [5.41, 5.74) is 12.5. The van der Waals surface area contributed by atoms with Crippen molar-refractivity contribution in [1.82, 2.24) is 20.3 Å². The highest BCUT2D eigenvalue weighted by molar-refractivity contribution is 5.94. The third-order valence-corrected chi connectivity index (χ3v) is 8.28. The molecule has 0 saturated carbocycles. The van der Waals surface area contributed by atoms with Crippen LogP contribution in [0.25, 0.3) is 0 Å².